The van der Waals surface area contributed by atoms with Crippen LogP contribution in [0.1, 0.15) is 20.8 Å². The first-order chi connectivity index (χ1) is 6.74. The highest BCUT2D eigenvalue weighted by Gasteiger charge is 2.29. The molecule has 0 aliphatic rings. The van der Waals surface area contributed by atoms with Crippen LogP contribution in [-0.4, -0.2) is 18.1 Å². The molecule has 1 rings (SSSR count). The maximum atomic E-state index is 11.8. The average Bonchev–Trinajstić information content (AvgIpc) is 2.06. The second-order valence-corrected chi connectivity index (χ2v) is 6.92. The molecule has 4 nitrogen and oxygen atoms in total. The smallest absolute Gasteiger partial charge is 0.237 e. The van der Waals surface area contributed by atoms with Crippen LogP contribution in [0.3, 0.4) is 0 Å². The highest BCUT2D eigenvalue weighted by atomic mass is 35.5. The zero-order valence-electron chi connectivity index (χ0n) is 8.78. The van der Waals surface area contributed by atoms with Gasteiger partial charge in [-0.25, -0.2) is 8.42 Å². The number of pyridine rings is 1. The van der Waals surface area contributed by atoms with Crippen LogP contribution in [0, 0.1) is 0 Å². The Morgan fingerprint density at radius 1 is 1.40 bits per heavy atom. The first kappa shape index (κ1) is 12.3. The van der Waals surface area contributed by atoms with E-state index in [1.807, 2.05) is 0 Å². The van der Waals surface area contributed by atoms with Crippen molar-refractivity contribution < 1.29 is 8.42 Å². The van der Waals surface area contributed by atoms with E-state index >= 15 is 0 Å². The molecular weight excluding hydrogens is 236 g/mol. The van der Waals surface area contributed by atoms with Gasteiger partial charge in [0.2, 0.25) is 10.0 Å². The summed E-state index contributed by atoms with van der Waals surface area (Å²) in [5.74, 6) is 0. The summed E-state index contributed by atoms with van der Waals surface area (Å²) in [7, 11) is -3.45. The highest BCUT2D eigenvalue weighted by molar-refractivity contribution is 7.94. The number of nitrogens with zero attached hydrogens (tertiary/aromatic N) is 1. The van der Waals surface area contributed by atoms with Gasteiger partial charge in [0, 0.05) is 6.20 Å². The Kier molecular flexibility index (Phi) is 3.25. The summed E-state index contributed by atoms with van der Waals surface area (Å²) >= 11 is 5.81. The van der Waals surface area contributed by atoms with Gasteiger partial charge in [0.1, 0.15) is 0 Å². The van der Waals surface area contributed by atoms with E-state index in [4.69, 9.17) is 11.6 Å². The molecule has 84 valence electrons. The van der Waals surface area contributed by atoms with E-state index in [0.29, 0.717) is 10.7 Å². The Balaban J connectivity index is 3.03. The monoisotopic (exact) mass is 248 g/mol. The second kappa shape index (κ2) is 3.98. The molecule has 0 saturated heterocycles. The molecule has 0 aliphatic heterocycles. The summed E-state index contributed by atoms with van der Waals surface area (Å²) in [6.45, 7) is 4.83. The summed E-state index contributed by atoms with van der Waals surface area (Å²) in [6.07, 6.45) is 2.88. The van der Waals surface area contributed by atoms with Gasteiger partial charge in [-0.1, -0.05) is 11.6 Å². The van der Waals surface area contributed by atoms with Gasteiger partial charge in [-0.3, -0.25) is 9.71 Å². The van der Waals surface area contributed by atoms with Gasteiger partial charge in [0.15, 0.2) is 0 Å². The number of anilines is 1. The van der Waals surface area contributed by atoms with E-state index in [9.17, 15) is 8.42 Å². The quantitative estimate of drug-likeness (QED) is 0.874. The molecule has 0 unspecified atom stereocenters. The van der Waals surface area contributed by atoms with Crippen molar-refractivity contribution >= 4 is 27.3 Å². The fourth-order valence-electron chi connectivity index (χ4n) is 0.750. The minimum absolute atomic E-state index is 0.300. The maximum Gasteiger partial charge on any atom is 0.237 e. The minimum Gasteiger partial charge on any atom is -0.280 e. The lowest BCUT2D eigenvalue weighted by Gasteiger charge is -2.20. The van der Waals surface area contributed by atoms with Gasteiger partial charge in [0.05, 0.1) is 21.7 Å². The number of halogens is 1. The van der Waals surface area contributed by atoms with Crippen molar-refractivity contribution in [2.24, 2.45) is 0 Å². The lowest BCUT2D eigenvalue weighted by atomic mass is 10.3. The highest BCUT2D eigenvalue weighted by Crippen LogP contribution is 2.24. The molecule has 0 atom stereocenters. The third-order valence-electron chi connectivity index (χ3n) is 1.82. The summed E-state index contributed by atoms with van der Waals surface area (Å²) in [6, 6.07) is 1.53. The topological polar surface area (TPSA) is 59.1 Å². The van der Waals surface area contributed by atoms with Crippen molar-refractivity contribution in [3.8, 4) is 0 Å². The van der Waals surface area contributed by atoms with E-state index in [1.165, 1.54) is 18.5 Å². The third-order valence-corrected chi connectivity index (χ3v) is 4.25. The standard InChI is InChI=1S/C9H13ClN2O2S/c1-9(2,3)15(13,14)12-8-6-11-5-4-7(8)10/h4-6,12H,1-3H3. The Labute approximate surface area is 94.7 Å². The Bertz CT molecular complexity index is 451. The number of hydrogen-bond donors (Lipinski definition) is 1. The van der Waals surface area contributed by atoms with Crippen LogP contribution in [-0.2, 0) is 10.0 Å². The molecule has 1 heterocycles. The van der Waals surface area contributed by atoms with Crippen LogP contribution in [0.15, 0.2) is 18.5 Å². The molecule has 15 heavy (non-hydrogen) atoms. The fourth-order valence-corrected chi connectivity index (χ4v) is 1.72. The molecule has 0 spiro atoms. The maximum absolute atomic E-state index is 11.8. The number of hydrogen-bond acceptors (Lipinski definition) is 3. The molecule has 6 heteroatoms. The number of sulfonamides is 1. The van der Waals surface area contributed by atoms with E-state index < -0.39 is 14.8 Å². The normalized spacial score (nSPS) is 12.5. The molecule has 0 saturated carbocycles. The number of aromatic nitrogens is 1. The van der Waals surface area contributed by atoms with Crippen LogP contribution in [0.25, 0.3) is 0 Å². The van der Waals surface area contributed by atoms with Crippen molar-refractivity contribution in [1.82, 2.24) is 4.98 Å². The lowest BCUT2D eigenvalue weighted by molar-refractivity contribution is 0.566. The fraction of sp³-hybridized carbons (Fsp3) is 0.444. The summed E-state index contributed by atoms with van der Waals surface area (Å²) in [5, 5.41) is 0.331. The van der Waals surface area contributed by atoms with Crippen molar-refractivity contribution in [1.29, 1.82) is 0 Å². The molecule has 1 N–H and O–H groups in total. The molecule has 0 bridgehead atoms. The lowest BCUT2D eigenvalue weighted by Crippen LogP contribution is -2.33. The molecule has 0 aliphatic carbocycles. The van der Waals surface area contributed by atoms with Gasteiger partial charge >= 0.3 is 0 Å². The molecule has 0 fully saturated rings. The predicted molar refractivity (Wildman–Crippen MR) is 61.5 cm³/mol. The van der Waals surface area contributed by atoms with Gasteiger partial charge in [-0.2, -0.15) is 0 Å². The predicted octanol–water partition coefficient (Wildman–Crippen LogP) is 2.28. The summed E-state index contributed by atoms with van der Waals surface area (Å²) in [5.41, 5.74) is 0.300. The third kappa shape index (κ3) is 2.82. The summed E-state index contributed by atoms with van der Waals surface area (Å²) in [4.78, 5) is 3.80. The molecule has 0 aromatic carbocycles. The molecular formula is C9H13ClN2O2S. The van der Waals surface area contributed by atoms with Gasteiger partial charge in [-0.15, -0.1) is 0 Å². The van der Waals surface area contributed by atoms with Gasteiger partial charge < -0.3 is 0 Å². The van der Waals surface area contributed by atoms with Gasteiger partial charge in [0.25, 0.3) is 0 Å². The second-order valence-electron chi connectivity index (χ2n) is 4.07. The van der Waals surface area contributed by atoms with E-state index in [-0.39, 0.29) is 0 Å². The zero-order valence-corrected chi connectivity index (χ0v) is 10.4. The van der Waals surface area contributed by atoms with E-state index in [0.717, 1.165) is 0 Å². The Hall–Kier alpha value is -0.810. The van der Waals surface area contributed by atoms with Crippen molar-refractivity contribution in [3.63, 3.8) is 0 Å². The average molecular weight is 249 g/mol. The van der Waals surface area contributed by atoms with Crippen molar-refractivity contribution in [2.45, 2.75) is 25.5 Å². The van der Waals surface area contributed by atoms with Crippen molar-refractivity contribution in [2.75, 3.05) is 4.72 Å². The number of rotatable bonds is 2. The molecule has 0 amide bonds. The molecule has 0 radical (unpaired) electrons. The van der Waals surface area contributed by atoms with E-state index in [1.54, 1.807) is 20.8 Å². The SMILES string of the molecule is CC(C)(C)S(=O)(=O)Nc1cnccc1Cl. The molecule has 1 aromatic rings. The Morgan fingerprint density at radius 3 is 2.47 bits per heavy atom. The van der Waals surface area contributed by atoms with Crippen LogP contribution < -0.4 is 4.72 Å². The largest absolute Gasteiger partial charge is 0.280 e. The first-order valence-electron chi connectivity index (χ1n) is 4.36. The van der Waals surface area contributed by atoms with E-state index in [2.05, 4.69) is 9.71 Å². The summed E-state index contributed by atoms with van der Waals surface area (Å²) < 4.78 is 25.1. The van der Waals surface area contributed by atoms with Crippen molar-refractivity contribution in [3.05, 3.63) is 23.5 Å². The van der Waals surface area contributed by atoms with Gasteiger partial charge in [-0.05, 0) is 26.8 Å². The number of nitrogens with one attached hydrogen (secondary N) is 1. The Morgan fingerprint density at radius 2 is 2.00 bits per heavy atom. The van der Waals surface area contributed by atoms with Crippen LogP contribution in [0.5, 0.6) is 0 Å². The zero-order chi connectivity index (χ0) is 11.7. The molecule has 1 aromatic heterocycles. The van der Waals surface area contributed by atoms with Crippen LogP contribution in [0.2, 0.25) is 5.02 Å². The van der Waals surface area contributed by atoms with Crippen LogP contribution in [0.4, 0.5) is 5.69 Å². The minimum atomic E-state index is -3.45. The van der Waals surface area contributed by atoms with Crippen LogP contribution >= 0.6 is 11.6 Å². The first-order valence-corrected chi connectivity index (χ1v) is 6.22.